The highest BCUT2D eigenvalue weighted by Crippen LogP contribution is 2.43. The second kappa shape index (κ2) is 35.5. The van der Waals surface area contributed by atoms with Crippen molar-refractivity contribution in [1.82, 2.24) is 0 Å². The molecule has 302 valence electrons. The van der Waals surface area contributed by atoms with Crippen molar-refractivity contribution in [3.8, 4) is 0 Å². The Morgan fingerprint density at radius 1 is 0.529 bits per heavy atom. The third kappa shape index (κ3) is 35.3. The number of nitrogens with two attached hydrogens (primary N) is 1. The first-order valence-electron chi connectivity index (χ1n) is 20.6. The lowest BCUT2D eigenvalue weighted by Gasteiger charge is -2.20. The first-order valence-corrected chi connectivity index (χ1v) is 22.1. The molecule has 51 heavy (non-hydrogen) atoms. The largest absolute Gasteiger partial charge is 0.480 e. The molecule has 11 nitrogen and oxygen atoms in total. The average Bonchev–Trinajstić information content (AvgIpc) is 3.10. The van der Waals surface area contributed by atoms with Gasteiger partial charge in [-0.25, -0.2) is 4.57 Å². The molecule has 0 aromatic heterocycles. The monoisotopic (exact) mass is 750 g/mol. The zero-order chi connectivity index (χ0) is 37.8. The number of carboxylic acid groups (broad SMARTS) is 1. The predicted octanol–water partition coefficient (Wildman–Crippen LogP) is 10.3. The molecule has 0 aliphatic heterocycles. The molecule has 0 heterocycles. The second-order valence-corrected chi connectivity index (χ2v) is 15.6. The van der Waals surface area contributed by atoms with Gasteiger partial charge in [0.05, 0.1) is 13.2 Å². The molecule has 0 aromatic rings. The van der Waals surface area contributed by atoms with E-state index in [9.17, 15) is 23.8 Å². The van der Waals surface area contributed by atoms with Crippen LogP contribution in [0.4, 0.5) is 0 Å². The molecule has 0 saturated carbocycles. The van der Waals surface area contributed by atoms with Crippen LogP contribution in [-0.2, 0) is 37.5 Å². The van der Waals surface area contributed by atoms with Crippen LogP contribution in [0.2, 0.25) is 0 Å². The van der Waals surface area contributed by atoms with Crippen molar-refractivity contribution in [3.63, 3.8) is 0 Å². The maximum Gasteiger partial charge on any atom is 0.472 e. The van der Waals surface area contributed by atoms with Crippen LogP contribution in [0.1, 0.15) is 200 Å². The molecule has 3 unspecified atom stereocenters. The fourth-order valence-corrected chi connectivity index (χ4v) is 6.61. The van der Waals surface area contributed by atoms with Crippen molar-refractivity contribution in [2.24, 2.45) is 5.73 Å². The number of hydrogen-bond acceptors (Lipinski definition) is 9. The minimum absolute atomic E-state index is 0.169. The first-order chi connectivity index (χ1) is 24.6. The molecule has 0 fully saturated rings. The Morgan fingerprint density at radius 2 is 0.863 bits per heavy atom. The van der Waals surface area contributed by atoms with Crippen LogP contribution >= 0.6 is 7.82 Å². The molecule has 0 aromatic carbocycles. The van der Waals surface area contributed by atoms with E-state index >= 15 is 0 Å². The average molecular weight is 750 g/mol. The molecule has 0 bridgehead atoms. The number of carbonyl (C=O) groups excluding carboxylic acids is 2. The number of carbonyl (C=O) groups is 3. The number of esters is 2. The van der Waals surface area contributed by atoms with E-state index in [-0.39, 0.29) is 19.4 Å². The van der Waals surface area contributed by atoms with E-state index in [1.54, 1.807) is 0 Å². The van der Waals surface area contributed by atoms with Gasteiger partial charge in [0.2, 0.25) is 0 Å². The molecular formula is C39H76NO10P. The van der Waals surface area contributed by atoms with Crippen molar-refractivity contribution in [2.45, 2.75) is 212 Å². The van der Waals surface area contributed by atoms with Gasteiger partial charge >= 0.3 is 25.7 Å². The highest BCUT2D eigenvalue weighted by atomic mass is 31.2. The van der Waals surface area contributed by atoms with E-state index in [0.717, 1.165) is 38.5 Å². The SMILES string of the molecule is CCCCCCCCCCCCCCCCCCCCCC(=O)OC(COC(=O)CCCCCCCCCC)COP(=O)(O)OCC(N)C(=O)O. The molecular weight excluding hydrogens is 673 g/mol. The van der Waals surface area contributed by atoms with Crippen LogP contribution in [-0.4, -0.2) is 59.9 Å². The fraction of sp³-hybridized carbons (Fsp3) is 0.923. The third-order valence-electron chi connectivity index (χ3n) is 9.11. The Balaban J connectivity index is 4.24. The van der Waals surface area contributed by atoms with Crippen LogP contribution in [0.15, 0.2) is 0 Å². The van der Waals surface area contributed by atoms with Gasteiger partial charge in [0.25, 0.3) is 0 Å². The number of carboxylic acids is 1. The van der Waals surface area contributed by atoms with Crippen molar-refractivity contribution in [3.05, 3.63) is 0 Å². The Labute approximate surface area is 310 Å². The number of phosphoric ester groups is 1. The number of ether oxygens (including phenoxy) is 2. The van der Waals surface area contributed by atoms with Crippen molar-refractivity contribution >= 4 is 25.7 Å². The molecule has 0 spiro atoms. The van der Waals surface area contributed by atoms with Gasteiger partial charge in [-0.05, 0) is 12.8 Å². The summed E-state index contributed by atoms with van der Waals surface area (Å²) in [6.07, 6.45) is 31.9. The minimum atomic E-state index is -4.70. The number of rotatable bonds is 39. The normalized spacial score (nSPS) is 13.8. The van der Waals surface area contributed by atoms with Gasteiger partial charge in [0, 0.05) is 12.8 Å². The molecule has 0 aliphatic carbocycles. The van der Waals surface area contributed by atoms with Crippen molar-refractivity contribution in [1.29, 1.82) is 0 Å². The Kier molecular flexibility index (Phi) is 34.4. The molecule has 0 saturated heterocycles. The zero-order valence-corrected chi connectivity index (χ0v) is 33.4. The lowest BCUT2D eigenvalue weighted by atomic mass is 10.0. The minimum Gasteiger partial charge on any atom is -0.480 e. The van der Waals surface area contributed by atoms with Crippen molar-refractivity contribution in [2.75, 3.05) is 19.8 Å². The first kappa shape index (κ1) is 49.5. The number of aliphatic carboxylic acids is 1. The maximum absolute atomic E-state index is 12.6. The Morgan fingerprint density at radius 3 is 1.24 bits per heavy atom. The van der Waals surface area contributed by atoms with Gasteiger partial charge in [0.15, 0.2) is 6.10 Å². The topological polar surface area (TPSA) is 172 Å². The molecule has 0 radical (unpaired) electrons. The van der Waals surface area contributed by atoms with E-state index < -0.39 is 51.1 Å². The van der Waals surface area contributed by atoms with Crippen LogP contribution in [0.5, 0.6) is 0 Å². The summed E-state index contributed by atoms with van der Waals surface area (Å²) in [5.74, 6) is -2.37. The van der Waals surface area contributed by atoms with E-state index in [4.69, 9.17) is 24.8 Å². The van der Waals surface area contributed by atoms with Crippen LogP contribution in [0, 0.1) is 0 Å². The summed E-state index contributed by atoms with van der Waals surface area (Å²) in [7, 11) is -4.70. The maximum atomic E-state index is 12.6. The third-order valence-corrected chi connectivity index (χ3v) is 10.1. The van der Waals surface area contributed by atoms with Gasteiger partial charge < -0.3 is 25.2 Å². The summed E-state index contributed by atoms with van der Waals surface area (Å²) in [5.41, 5.74) is 5.31. The van der Waals surface area contributed by atoms with Gasteiger partial charge in [-0.3, -0.25) is 23.4 Å². The van der Waals surface area contributed by atoms with E-state index in [1.165, 1.54) is 122 Å². The zero-order valence-electron chi connectivity index (χ0n) is 32.5. The summed E-state index contributed by atoms with van der Waals surface area (Å²) in [5, 5.41) is 8.85. The predicted molar refractivity (Wildman–Crippen MR) is 203 cm³/mol. The van der Waals surface area contributed by atoms with Crippen LogP contribution in [0.3, 0.4) is 0 Å². The summed E-state index contributed by atoms with van der Waals surface area (Å²) >= 11 is 0. The molecule has 12 heteroatoms. The smallest absolute Gasteiger partial charge is 0.472 e. The molecule has 0 amide bonds. The summed E-state index contributed by atoms with van der Waals surface area (Å²) in [6, 6.07) is -1.51. The number of unbranched alkanes of at least 4 members (excludes halogenated alkanes) is 25. The van der Waals surface area contributed by atoms with Gasteiger partial charge in [-0.15, -0.1) is 0 Å². The standard InChI is InChI=1S/C39H76NO10P/c1-3-5-7-9-11-13-14-15-16-17-18-19-20-21-22-23-25-27-29-31-38(42)50-35(33-48-51(45,46)49-34-36(40)39(43)44)32-47-37(41)30-28-26-24-12-10-8-6-4-2/h35-36H,3-34,40H2,1-2H3,(H,43,44)(H,45,46). The summed E-state index contributed by atoms with van der Waals surface area (Å²) in [4.78, 5) is 45.7. The van der Waals surface area contributed by atoms with Gasteiger partial charge in [-0.2, -0.15) is 0 Å². The van der Waals surface area contributed by atoms with Crippen LogP contribution in [0.25, 0.3) is 0 Å². The van der Waals surface area contributed by atoms with E-state index in [2.05, 4.69) is 18.4 Å². The highest BCUT2D eigenvalue weighted by molar-refractivity contribution is 7.47. The van der Waals surface area contributed by atoms with Gasteiger partial charge in [0.1, 0.15) is 12.6 Å². The summed E-state index contributed by atoms with van der Waals surface area (Å²) in [6.45, 7) is 2.78. The number of hydrogen-bond donors (Lipinski definition) is 3. The van der Waals surface area contributed by atoms with Crippen LogP contribution < -0.4 is 5.73 Å². The lowest BCUT2D eigenvalue weighted by Crippen LogP contribution is -2.34. The Hall–Kier alpha value is -1.52. The highest BCUT2D eigenvalue weighted by Gasteiger charge is 2.28. The molecule has 0 rings (SSSR count). The van der Waals surface area contributed by atoms with Gasteiger partial charge in [-0.1, -0.05) is 174 Å². The fourth-order valence-electron chi connectivity index (χ4n) is 5.83. The molecule has 4 N–H and O–H groups in total. The second-order valence-electron chi connectivity index (χ2n) is 14.1. The Bertz CT molecular complexity index is 890. The lowest BCUT2D eigenvalue weighted by molar-refractivity contribution is -0.161. The number of phosphoric acid groups is 1. The quantitative estimate of drug-likeness (QED) is 0.0310. The van der Waals surface area contributed by atoms with E-state index in [1.807, 2.05) is 0 Å². The summed E-state index contributed by atoms with van der Waals surface area (Å²) < 4.78 is 32.5. The van der Waals surface area contributed by atoms with E-state index in [0.29, 0.717) is 12.8 Å². The molecule has 0 aliphatic rings. The molecule has 3 atom stereocenters. The van der Waals surface area contributed by atoms with Crippen molar-refractivity contribution < 1.29 is 47.5 Å².